The molecular weight excluding hydrogens is 286 g/mol. The Kier molecular flexibility index (Phi) is 4.79. The van der Waals surface area contributed by atoms with Gasteiger partial charge in [0.15, 0.2) is 0 Å². The van der Waals surface area contributed by atoms with Crippen molar-refractivity contribution in [3.05, 3.63) is 15.0 Å². The zero-order valence-corrected chi connectivity index (χ0v) is 10.9. The average Bonchev–Trinajstić information content (AvgIpc) is 2.62. The SMILES string of the molecule is Cl.N[C@H]1CCN(Cc2ncc(Br)s2)C1. The maximum atomic E-state index is 5.82. The van der Waals surface area contributed by atoms with E-state index in [0.717, 1.165) is 29.8 Å². The molecule has 0 aliphatic carbocycles. The lowest BCUT2D eigenvalue weighted by molar-refractivity contribution is 0.326. The van der Waals surface area contributed by atoms with E-state index in [0.29, 0.717) is 6.04 Å². The van der Waals surface area contributed by atoms with E-state index < -0.39 is 0 Å². The highest BCUT2D eigenvalue weighted by atomic mass is 79.9. The maximum Gasteiger partial charge on any atom is 0.108 e. The standard InChI is InChI=1S/C8H12BrN3S.ClH/c9-7-3-11-8(13-7)5-12-2-1-6(10)4-12;/h3,6H,1-2,4-5,10H2;1H/t6-;/m0./s1. The van der Waals surface area contributed by atoms with Gasteiger partial charge in [0.1, 0.15) is 5.01 Å². The molecule has 1 aromatic rings. The molecule has 0 amide bonds. The zero-order chi connectivity index (χ0) is 9.26. The lowest BCUT2D eigenvalue weighted by Crippen LogP contribution is -2.26. The summed E-state index contributed by atoms with van der Waals surface area (Å²) >= 11 is 5.11. The van der Waals surface area contributed by atoms with Gasteiger partial charge in [-0.2, -0.15) is 0 Å². The smallest absolute Gasteiger partial charge is 0.108 e. The van der Waals surface area contributed by atoms with Gasteiger partial charge in [-0.1, -0.05) is 0 Å². The number of nitrogens with zero attached hydrogens (tertiary/aromatic N) is 2. The largest absolute Gasteiger partial charge is 0.326 e. The van der Waals surface area contributed by atoms with Crippen LogP contribution in [0, 0.1) is 0 Å². The first-order valence-corrected chi connectivity index (χ1v) is 5.93. The highest BCUT2D eigenvalue weighted by molar-refractivity contribution is 9.11. The van der Waals surface area contributed by atoms with E-state index in [4.69, 9.17) is 5.73 Å². The van der Waals surface area contributed by atoms with E-state index in [9.17, 15) is 0 Å². The molecule has 1 saturated heterocycles. The second-order valence-corrected chi connectivity index (χ2v) is 5.84. The van der Waals surface area contributed by atoms with Crippen LogP contribution in [0.4, 0.5) is 0 Å². The first-order chi connectivity index (χ1) is 6.24. The van der Waals surface area contributed by atoms with Crippen molar-refractivity contribution in [3.8, 4) is 0 Å². The Morgan fingerprint density at radius 3 is 3.00 bits per heavy atom. The van der Waals surface area contributed by atoms with Crippen molar-refractivity contribution in [3.63, 3.8) is 0 Å². The summed E-state index contributed by atoms with van der Waals surface area (Å²) in [5.74, 6) is 0. The van der Waals surface area contributed by atoms with Crippen LogP contribution < -0.4 is 5.73 Å². The molecule has 6 heteroatoms. The molecule has 14 heavy (non-hydrogen) atoms. The van der Waals surface area contributed by atoms with Crippen LogP contribution in [0.3, 0.4) is 0 Å². The van der Waals surface area contributed by atoms with Gasteiger partial charge >= 0.3 is 0 Å². The van der Waals surface area contributed by atoms with Crippen molar-refractivity contribution < 1.29 is 0 Å². The van der Waals surface area contributed by atoms with Crippen molar-refractivity contribution in [1.82, 2.24) is 9.88 Å². The zero-order valence-electron chi connectivity index (χ0n) is 7.65. The highest BCUT2D eigenvalue weighted by Gasteiger charge is 2.19. The summed E-state index contributed by atoms with van der Waals surface area (Å²) in [6.07, 6.45) is 2.97. The molecule has 0 radical (unpaired) electrons. The second kappa shape index (κ2) is 5.42. The molecule has 2 rings (SSSR count). The van der Waals surface area contributed by atoms with Gasteiger partial charge in [-0.05, 0) is 22.4 Å². The Hall–Kier alpha value is 0.320. The molecule has 2 N–H and O–H groups in total. The number of nitrogens with two attached hydrogens (primary N) is 1. The topological polar surface area (TPSA) is 42.1 Å². The van der Waals surface area contributed by atoms with Gasteiger partial charge in [0.2, 0.25) is 0 Å². The molecule has 0 unspecified atom stereocenters. The Morgan fingerprint density at radius 2 is 2.50 bits per heavy atom. The number of thiazole rings is 1. The fourth-order valence-corrected chi connectivity index (χ4v) is 2.90. The van der Waals surface area contributed by atoms with Gasteiger partial charge in [-0.15, -0.1) is 23.7 Å². The third-order valence-corrected chi connectivity index (χ3v) is 3.65. The Balaban J connectivity index is 0.000000980. The maximum absolute atomic E-state index is 5.82. The van der Waals surface area contributed by atoms with Gasteiger partial charge in [-0.25, -0.2) is 4.98 Å². The molecule has 1 aliphatic heterocycles. The number of aromatic nitrogens is 1. The minimum absolute atomic E-state index is 0. The van der Waals surface area contributed by atoms with Gasteiger partial charge in [0.05, 0.1) is 16.5 Å². The second-order valence-electron chi connectivity index (χ2n) is 3.34. The number of rotatable bonds is 2. The first-order valence-electron chi connectivity index (χ1n) is 4.32. The Bertz CT molecular complexity index is 294. The van der Waals surface area contributed by atoms with Crippen LogP contribution in [0.25, 0.3) is 0 Å². The summed E-state index contributed by atoms with van der Waals surface area (Å²) in [7, 11) is 0. The quantitative estimate of drug-likeness (QED) is 0.906. The van der Waals surface area contributed by atoms with Crippen molar-refractivity contribution in [2.24, 2.45) is 5.73 Å². The van der Waals surface area contributed by atoms with Crippen molar-refractivity contribution in [2.75, 3.05) is 13.1 Å². The molecule has 0 bridgehead atoms. The van der Waals surface area contributed by atoms with E-state index in [1.807, 2.05) is 6.20 Å². The summed E-state index contributed by atoms with van der Waals surface area (Å²) < 4.78 is 1.10. The first kappa shape index (κ1) is 12.4. The van der Waals surface area contributed by atoms with E-state index in [2.05, 4.69) is 25.8 Å². The van der Waals surface area contributed by atoms with Crippen LogP contribution in [-0.4, -0.2) is 29.0 Å². The predicted molar refractivity (Wildman–Crippen MR) is 64.9 cm³/mol. The van der Waals surface area contributed by atoms with Crippen molar-refractivity contribution in [1.29, 1.82) is 0 Å². The summed E-state index contributed by atoms with van der Waals surface area (Å²) in [5.41, 5.74) is 5.82. The summed E-state index contributed by atoms with van der Waals surface area (Å²) in [5, 5.41) is 1.17. The minimum Gasteiger partial charge on any atom is -0.326 e. The molecule has 1 aromatic heterocycles. The minimum atomic E-state index is 0. The van der Waals surface area contributed by atoms with Gasteiger partial charge in [0.25, 0.3) is 0 Å². The van der Waals surface area contributed by atoms with E-state index in [1.165, 1.54) is 5.01 Å². The van der Waals surface area contributed by atoms with Crippen molar-refractivity contribution >= 4 is 39.7 Å². The van der Waals surface area contributed by atoms with E-state index in [-0.39, 0.29) is 12.4 Å². The summed E-state index contributed by atoms with van der Waals surface area (Å²) in [6.45, 7) is 3.07. The number of hydrogen-bond donors (Lipinski definition) is 1. The molecule has 1 aliphatic rings. The molecular formula is C8H13BrClN3S. The van der Waals surface area contributed by atoms with E-state index in [1.54, 1.807) is 11.3 Å². The number of hydrogen-bond acceptors (Lipinski definition) is 4. The van der Waals surface area contributed by atoms with Crippen LogP contribution >= 0.6 is 39.7 Å². The van der Waals surface area contributed by atoms with Gasteiger partial charge in [0, 0.05) is 19.1 Å². The third-order valence-electron chi connectivity index (χ3n) is 2.19. The summed E-state index contributed by atoms with van der Waals surface area (Å²) in [6, 6.07) is 0.364. The molecule has 0 spiro atoms. The highest BCUT2D eigenvalue weighted by Crippen LogP contribution is 2.21. The number of likely N-dealkylation sites (tertiary alicyclic amines) is 1. The fraction of sp³-hybridized carbons (Fsp3) is 0.625. The van der Waals surface area contributed by atoms with Gasteiger partial charge < -0.3 is 5.73 Å². The molecule has 80 valence electrons. The predicted octanol–water partition coefficient (Wildman–Crippen LogP) is 1.86. The molecule has 0 aromatic carbocycles. The number of halogens is 2. The average molecular weight is 299 g/mol. The molecule has 0 saturated carbocycles. The molecule has 1 fully saturated rings. The normalized spacial score (nSPS) is 22.3. The molecule has 1 atom stereocenters. The fourth-order valence-electron chi connectivity index (χ4n) is 1.56. The van der Waals surface area contributed by atoms with Gasteiger partial charge in [-0.3, -0.25) is 4.90 Å². The van der Waals surface area contributed by atoms with Crippen molar-refractivity contribution in [2.45, 2.75) is 19.0 Å². The Morgan fingerprint density at radius 1 is 1.71 bits per heavy atom. The lowest BCUT2D eigenvalue weighted by Gasteiger charge is -2.12. The third kappa shape index (κ3) is 3.17. The summed E-state index contributed by atoms with van der Waals surface area (Å²) in [4.78, 5) is 6.65. The van der Waals surface area contributed by atoms with Crippen LogP contribution in [0.1, 0.15) is 11.4 Å². The van der Waals surface area contributed by atoms with E-state index >= 15 is 0 Å². The Labute approximate surface area is 102 Å². The molecule has 2 heterocycles. The van der Waals surface area contributed by atoms with Crippen LogP contribution in [0.5, 0.6) is 0 Å². The lowest BCUT2D eigenvalue weighted by atomic mass is 10.3. The van der Waals surface area contributed by atoms with Crippen LogP contribution in [-0.2, 0) is 6.54 Å². The van der Waals surface area contributed by atoms with Crippen LogP contribution in [0.15, 0.2) is 9.98 Å². The van der Waals surface area contributed by atoms with Crippen LogP contribution in [0.2, 0.25) is 0 Å². The molecule has 3 nitrogen and oxygen atoms in total. The monoisotopic (exact) mass is 297 g/mol.